The third-order valence-corrected chi connectivity index (χ3v) is 5.43. The predicted octanol–water partition coefficient (Wildman–Crippen LogP) is 3.24. The molecule has 1 fully saturated rings. The van der Waals surface area contributed by atoms with E-state index in [9.17, 15) is 10.1 Å². The van der Waals surface area contributed by atoms with Crippen molar-refractivity contribution in [2.75, 3.05) is 24.5 Å². The molecule has 0 atom stereocenters. The van der Waals surface area contributed by atoms with Crippen LogP contribution in [-0.4, -0.2) is 24.6 Å². The molecule has 2 aromatic carbocycles. The number of piperidine rings is 1. The Morgan fingerprint density at radius 2 is 1.75 bits per heavy atom. The van der Waals surface area contributed by atoms with Crippen LogP contribution < -0.4 is 10.2 Å². The number of hydrogen-bond acceptors (Lipinski definition) is 4. The van der Waals surface area contributed by atoms with Crippen LogP contribution in [0.25, 0.3) is 0 Å². The van der Waals surface area contributed by atoms with Gasteiger partial charge in [-0.05, 0) is 36.5 Å². The summed E-state index contributed by atoms with van der Waals surface area (Å²) >= 11 is 0. The highest BCUT2D eigenvalue weighted by Gasteiger charge is 2.39. The van der Waals surface area contributed by atoms with Gasteiger partial charge in [0.2, 0.25) is 0 Å². The quantitative estimate of drug-likeness (QED) is 0.681. The Morgan fingerprint density at radius 3 is 2.54 bits per heavy atom. The second-order valence-electron chi connectivity index (χ2n) is 6.65. The number of anilines is 1. The number of nitro groups is 1. The van der Waals surface area contributed by atoms with Crippen LogP contribution in [0.3, 0.4) is 0 Å². The van der Waals surface area contributed by atoms with Crippen molar-refractivity contribution in [3.8, 4) is 0 Å². The summed E-state index contributed by atoms with van der Waals surface area (Å²) < 4.78 is 0. The van der Waals surface area contributed by atoms with Gasteiger partial charge in [0.15, 0.2) is 0 Å². The predicted molar refractivity (Wildman–Crippen MR) is 94.4 cm³/mol. The summed E-state index contributed by atoms with van der Waals surface area (Å²) in [6.45, 7) is 2.65. The Morgan fingerprint density at radius 1 is 1.04 bits per heavy atom. The van der Waals surface area contributed by atoms with Gasteiger partial charge >= 0.3 is 0 Å². The molecule has 0 unspecified atom stereocenters. The van der Waals surface area contributed by atoms with Crippen molar-refractivity contribution >= 4 is 11.4 Å². The first kappa shape index (κ1) is 15.1. The lowest BCUT2D eigenvalue weighted by molar-refractivity contribution is -0.384. The summed E-state index contributed by atoms with van der Waals surface area (Å²) in [5, 5.41) is 15.0. The van der Waals surface area contributed by atoms with E-state index in [-0.39, 0.29) is 16.1 Å². The summed E-state index contributed by atoms with van der Waals surface area (Å²) in [4.78, 5) is 13.2. The molecule has 0 aliphatic carbocycles. The van der Waals surface area contributed by atoms with E-state index in [2.05, 4.69) is 34.5 Å². The molecule has 0 radical (unpaired) electrons. The molecule has 124 valence electrons. The lowest BCUT2D eigenvalue weighted by atomic mass is 9.76. The lowest BCUT2D eigenvalue weighted by Crippen LogP contribution is -2.54. The number of nitro benzene ring substituents is 1. The molecule has 2 aliphatic heterocycles. The molecule has 4 rings (SSSR count). The van der Waals surface area contributed by atoms with Gasteiger partial charge in [0.05, 0.1) is 4.92 Å². The highest BCUT2D eigenvalue weighted by molar-refractivity contribution is 5.63. The fourth-order valence-electron chi connectivity index (χ4n) is 4.20. The number of nitrogens with one attached hydrogen (secondary N) is 1. The molecule has 2 aromatic rings. The fraction of sp³-hybridized carbons (Fsp3) is 0.368. The maximum atomic E-state index is 11.3. The van der Waals surface area contributed by atoms with E-state index in [0.717, 1.165) is 44.6 Å². The molecule has 2 aliphatic rings. The van der Waals surface area contributed by atoms with E-state index in [0.29, 0.717) is 0 Å². The van der Waals surface area contributed by atoms with E-state index in [1.807, 2.05) is 12.1 Å². The first-order valence-corrected chi connectivity index (χ1v) is 8.51. The lowest BCUT2D eigenvalue weighted by Gasteiger charge is -2.46. The summed E-state index contributed by atoms with van der Waals surface area (Å²) in [7, 11) is 0. The average molecular weight is 323 g/mol. The standard InChI is InChI=1S/C19H21N3O2/c23-22(24)18-8-4-3-7-17(18)21-13-10-19(11-14-21)16-6-2-1-5-15(16)9-12-20-19/h1-8,20H,9-14H2. The van der Waals surface area contributed by atoms with Gasteiger partial charge in [-0.2, -0.15) is 0 Å². The van der Waals surface area contributed by atoms with Crippen LogP contribution >= 0.6 is 0 Å². The van der Waals surface area contributed by atoms with E-state index < -0.39 is 0 Å². The number of para-hydroxylation sites is 2. The monoisotopic (exact) mass is 323 g/mol. The molecule has 2 heterocycles. The number of rotatable bonds is 2. The van der Waals surface area contributed by atoms with Gasteiger partial charge < -0.3 is 10.2 Å². The van der Waals surface area contributed by atoms with Gasteiger partial charge in [0.1, 0.15) is 5.69 Å². The van der Waals surface area contributed by atoms with Crippen LogP contribution in [0.5, 0.6) is 0 Å². The zero-order valence-electron chi connectivity index (χ0n) is 13.6. The van der Waals surface area contributed by atoms with E-state index in [1.165, 1.54) is 11.1 Å². The van der Waals surface area contributed by atoms with Crippen LogP contribution in [-0.2, 0) is 12.0 Å². The van der Waals surface area contributed by atoms with Crippen LogP contribution in [0.1, 0.15) is 24.0 Å². The number of nitrogens with zero attached hydrogens (tertiary/aromatic N) is 2. The molecule has 0 aromatic heterocycles. The van der Waals surface area contributed by atoms with Crippen molar-refractivity contribution in [1.82, 2.24) is 5.32 Å². The highest BCUT2D eigenvalue weighted by Crippen LogP contribution is 2.40. The third kappa shape index (κ3) is 2.45. The van der Waals surface area contributed by atoms with E-state index in [1.54, 1.807) is 12.1 Å². The first-order valence-electron chi connectivity index (χ1n) is 8.51. The molecule has 1 spiro atoms. The maximum absolute atomic E-state index is 11.3. The summed E-state index contributed by atoms with van der Waals surface area (Å²) in [6, 6.07) is 15.7. The normalized spacial score (nSPS) is 19.1. The van der Waals surface area contributed by atoms with Crippen molar-refractivity contribution in [3.05, 3.63) is 69.8 Å². The van der Waals surface area contributed by atoms with Crippen LogP contribution in [0, 0.1) is 10.1 Å². The number of hydrogen-bond donors (Lipinski definition) is 1. The largest absolute Gasteiger partial charge is 0.366 e. The fourth-order valence-corrected chi connectivity index (χ4v) is 4.20. The second-order valence-corrected chi connectivity index (χ2v) is 6.65. The average Bonchev–Trinajstić information content (AvgIpc) is 2.63. The molecular weight excluding hydrogens is 302 g/mol. The van der Waals surface area contributed by atoms with Gasteiger partial charge in [-0.25, -0.2) is 0 Å². The van der Waals surface area contributed by atoms with Crippen molar-refractivity contribution < 1.29 is 4.92 Å². The van der Waals surface area contributed by atoms with Gasteiger partial charge in [-0.1, -0.05) is 36.4 Å². The van der Waals surface area contributed by atoms with E-state index >= 15 is 0 Å². The van der Waals surface area contributed by atoms with E-state index in [4.69, 9.17) is 0 Å². The zero-order chi connectivity index (χ0) is 16.6. The Hall–Kier alpha value is -2.40. The second kappa shape index (κ2) is 5.91. The van der Waals surface area contributed by atoms with Crippen LogP contribution in [0.15, 0.2) is 48.5 Å². The van der Waals surface area contributed by atoms with Crippen LogP contribution in [0.2, 0.25) is 0 Å². The summed E-state index contributed by atoms with van der Waals surface area (Å²) in [5.41, 5.74) is 3.82. The van der Waals surface area contributed by atoms with Gasteiger partial charge in [-0.15, -0.1) is 0 Å². The smallest absolute Gasteiger partial charge is 0.292 e. The van der Waals surface area contributed by atoms with Gasteiger partial charge in [0.25, 0.3) is 5.69 Å². The molecule has 1 N–H and O–H groups in total. The molecule has 5 heteroatoms. The Balaban J connectivity index is 1.60. The zero-order valence-corrected chi connectivity index (χ0v) is 13.6. The first-order chi connectivity index (χ1) is 11.7. The van der Waals surface area contributed by atoms with Crippen LogP contribution in [0.4, 0.5) is 11.4 Å². The minimum Gasteiger partial charge on any atom is -0.366 e. The molecule has 24 heavy (non-hydrogen) atoms. The highest BCUT2D eigenvalue weighted by atomic mass is 16.6. The molecule has 0 amide bonds. The SMILES string of the molecule is O=[N+]([O-])c1ccccc1N1CCC2(CC1)NCCc1ccccc12. The maximum Gasteiger partial charge on any atom is 0.292 e. The summed E-state index contributed by atoms with van der Waals surface area (Å²) in [6.07, 6.45) is 3.01. The minimum absolute atomic E-state index is 0.0227. The topological polar surface area (TPSA) is 58.4 Å². The Labute approximate surface area is 141 Å². The van der Waals surface area contributed by atoms with Crippen molar-refractivity contribution in [2.45, 2.75) is 24.8 Å². The summed E-state index contributed by atoms with van der Waals surface area (Å²) in [5.74, 6) is 0. The van der Waals surface area contributed by atoms with Gasteiger partial charge in [-0.3, -0.25) is 10.1 Å². The molecular formula is C19H21N3O2. The minimum atomic E-state index is -0.284. The number of benzene rings is 2. The molecule has 5 nitrogen and oxygen atoms in total. The Kier molecular flexibility index (Phi) is 3.73. The molecule has 0 bridgehead atoms. The molecule has 1 saturated heterocycles. The number of fused-ring (bicyclic) bond motifs is 2. The Bertz CT molecular complexity index is 767. The van der Waals surface area contributed by atoms with Crippen molar-refractivity contribution in [1.29, 1.82) is 0 Å². The molecule has 0 saturated carbocycles. The van der Waals surface area contributed by atoms with Gasteiger partial charge in [0, 0.05) is 31.2 Å². The third-order valence-electron chi connectivity index (χ3n) is 5.43. The van der Waals surface area contributed by atoms with Crippen molar-refractivity contribution in [3.63, 3.8) is 0 Å². The van der Waals surface area contributed by atoms with Crippen molar-refractivity contribution in [2.24, 2.45) is 0 Å².